The van der Waals surface area contributed by atoms with Crippen LogP contribution in [0.2, 0.25) is 0 Å². The van der Waals surface area contributed by atoms with Crippen molar-refractivity contribution in [3.8, 4) is 0 Å². The van der Waals surface area contributed by atoms with Crippen molar-refractivity contribution in [3.63, 3.8) is 0 Å². The highest BCUT2D eigenvalue weighted by atomic mass is 16.4. The van der Waals surface area contributed by atoms with E-state index in [2.05, 4.69) is 5.32 Å². The summed E-state index contributed by atoms with van der Waals surface area (Å²) in [5.41, 5.74) is 0.399. The molecular formula is C17H26N2O4. The zero-order chi connectivity index (χ0) is 17.7. The molecule has 0 fully saturated rings. The summed E-state index contributed by atoms with van der Waals surface area (Å²) in [6, 6.07) is 3.10. The van der Waals surface area contributed by atoms with E-state index in [1.807, 2.05) is 20.8 Å². The predicted molar refractivity (Wildman–Crippen MR) is 88.3 cm³/mol. The molecule has 128 valence electrons. The molecule has 0 saturated carbocycles. The molecule has 3 unspecified atom stereocenters. The van der Waals surface area contributed by atoms with Crippen molar-refractivity contribution in [2.75, 3.05) is 0 Å². The molecule has 1 rings (SSSR count). The number of pyridine rings is 1. The number of carboxylic acid groups (broad SMARTS) is 1. The van der Waals surface area contributed by atoms with E-state index in [4.69, 9.17) is 0 Å². The molecule has 23 heavy (non-hydrogen) atoms. The fourth-order valence-electron chi connectivity index (χ4n) is 2.60. The van der Waals surface area contributed by atoms with E-state index in [-0.39, 0.29) is 17.4 Å². The molecule has 2 N–H and O–H groups in total. The second-order valence-corrected chi connectivity index (χ2v) is 6.27. The van der Waals surface area contributed by atoms with Gasteiger partial charge in [-0.2, -0.15) is 0 Å². The molecule has 0 saturated heterocycles. The van der Waals surface area contributed by atoms with Crippen LogP contribution in [0.15, 0.2) is 23.0 Å². The predicted octanol–water partition coefficient (Wildman–Crippen LogP) is 1.97. The minimum absolute atomic E-state index is 0.153. The first-order valence-corrected chi connectivity index (χ1v) is 7.92. The van der Waals surface area contributed by atoms with Crippen LogP contribution in [-0.4, -0.2) is 27.6 Å². The highest BCUT2D eigenvalue weighted by Crippen LogP contribution is 2.19. The van der Waals surface area contributed by atoms with Gasteiger partial charge in [-0.05, 0) is 24.8 Å². The quantitative estimate of drug-likeness (QED) is 0.803. The van der Waals surface area contributed by atoms with E-state index in [0.29, 0.717) is 12.1 Å². The van der Waals surface area contributed by atoms with Crippen LogP contribution < -0.4 is 10.9 Å². The zero-order valence-corrected chi connectivity index (χ0v) is 14.4. The maximum absolute atomic E-state index is 12.7. The Morgan fingerprint density at radius 2 is 1.87 bits per heavy atom. The standard InChI is InChI=1S/C17H26N2O4/c1-6-11(4)14(17(22)23)18-16(21)15(10(2)3)19-12(5)8-7-9-13(19)20/h7-11,14-15H,6H2,1-5H3,(H,18,21)(H,22,23). The number of aromatic nitrogens is 1. The molecule has 0 radical (unpaired) electrons. The Kier molecular flexibility index (Phi) is 6.54. The van der Waals surface area contributed by atoms with Crippen molar-refractivity contribution in [1.29, 1.82) is 0 Å². The monoisotopic (exact) mass is 322 g/mol. The molecule has 0 aromatic carbocycles. The minimum atomic E-state index is -1.06. The van der Waals surface area contributed by atoms with Crippen LogP contribution in [0.25, 0.3) is 0 Å². The maximum Gasteiger partial charge on any atom is 0.326 e. The number of hydrogen-bond acceptors (Lipinski definition) is 3. The zero-order valence-electron chi connectivity index (χ0n) is 14.4. The molecule has 0 bridgehead atoms. The topological polar surface area (TPSA) is 88.4 Å². The van der Waals surface area contributed by atoms with Gasteiger partial charge in [0.1, 0.15) is 12.1 Å². The molecule has 0 aliphatic carbocycles. The van der Waals surface area contributed by atoms with Gasteiger partial charge in [0.15, 0.2) is 0 Å². The van der Waals surface area contributed by atoms with Gasteiger partial charge in [-0.15, -0.1) is 0 Å². The van der Waals surface area contributed by atoms with Crippen LogP contribution >= 0.6 is 0 Å². The summed E-state index contributed by atoms with van der Waals surface area (Å²) in [5, 5.41) is 11.9. The molecule has 1 aromatic heterocycles. The van der Waals surface area contributed by atoms with Gasteiger partial charge in [0.2, 0.25) is 5.91 Å². The minimum Gasteiger partial charge on any atom is -0.480 e. The first-order chi connectivity index (χ1) is 10.7. The van der Waals surface area contributed by atoms with Crippen LogP contribution in [0.1, 0.15) is 45.9 Å². The van der Waals surface area contributed by atoms with Crippen LogP contribution in [-0.2, 0) is 9.59 Å². The fourth-order valence-corrected chi connectivity index (χ4v) is 2.60. The second-order valence-electron chi connectivity index (χ2n) is 6.27. The first kappa shape index (κ1) is 18.9. The average Bonchev–Trinajstić information content (AvgIpc) is 2.46. The lowest BCUT2D eigenvalue weighted by atomic mass is 9.97. The third-order valence-electron chi connectivity index (χ3n) is 4.15. The number of aliphatic carboxylic acids is 1. The summed E-state index contributed by atoms with van der Waals surface area (Å²) in [4.78, 5) is 36.3. The lowest BCUT2D eigenvalue weighted by Crippen LogP contribution is -2.49. The average molecular weight is 322 g/mol. The third-order valence-corrected chi connectivity index (χ3v) is 4.15. The summed E-state index contributed by atoms with van der Waals surface area (Å²) in [6.45, 7) is 9.08. The summed E-state index contributed by atoms with van der Waals surface area (Å²) in [5.74, 6) is -1.85. The number of carbonyl (C=O) groups is 2. The molecule has 6 nitrogen and oxygen atoms in total. The Morgan fingerprint density at radius 3 is 2.30 bits per heavy atom. The van der Waals surface area contributed by atoms with Gasteiger partial charge >= 0.3 is 5.97 Å². The normalized spacial score (nSPS) is 15.0. The number of carbonyl (C=O) groups excluding carboxylic acids is 1. The number of aryl methyl sites for hydroxylation is 1. The smallest absolute Gasteiger partial charge is 0.326 e. The summed E-state index contributed by atoms with van der Waals surface area (Å²) < 4.78 is 1.43. The summed E-state index contributed by atoms with van der Waals surface area (Å²) >= 11 is 0. The van der Waals surface area contributed by atoms with Gasteiger partial charge < -0.3 is 15.0 Å². The van der Waals surface area contributed by atoms with Gasteiger partial charge in [0.05, 0.1) is 0 Å². The van der Waals surface area contributed by atoms with E-state index in [0.717, 1.165) is 0 Å². The second kappa shape index (κ2) is 7.94. The summed E-state index contributed by atoms with van der Waals surface area (Å²) in [6.07, 6.45) is 0.633. The van der Waals surface area contributed by atoms with Crippen molar-refractivity contribution >= 4 is 11.9 Å². The molecule has 1 aromatic rings. The van der Waals surface area contributed by atoms with Crippen LogP contribution in [0.3, 0.4) is 0 Å². The van der Waals surface area contributed by atoms with E-state index >= 15 is 0 Å². The van der Waals surface area contributed by atoms with Crippen molar-refractivity contribution in [1.82, 2.24) is 9.88 Å². The lowest BCUT2D eigenvalue weighted by molar-refractivity contribution is -0.144. The first-order valence-electron chi connectivity index (χ1n) is 7.92. The maximum atomic E-state index is 12.7. The Labute approximate surface area is 136 Å². The Bertz CT molecular complexity index is 621. The number of carboxylic acids is 1. The van der Waals surface area contributed by atoms with Gasteiger partial charge in [0.25, 0.3) is 5.56 Å². The molecule has 1 amide bonds. The van der Waals surface area contributed by atoms with Crippen LogP contribution in [0.4, 0.5) is 0 Å². The van der Waals surface area contributed by atoms with Gasteiger partial charge in [-0.1, -0.05) is 40.2 Å². The fraction of sp³-hybridized carbons (Fsp3) is 0.588. The van der Waals surface area contributed by atoms with E-state index in [1.165, 1.54) is 10.6 Å². The Morgan fingerprint density at radius 1 is 1.26 bits per heavy atom. The van der Waals surface area contributed by atoms with Crippen molar-refractivity contribution in [2.24, 2.45) is 11.8 Å². The molecular weight excluding hydrogens is 296 g/mol. The molecule has 3 atom stereocenters. The van der Waals surface area contributed by atoms with E-state index < -0.39 is 24.0 Å². The van der Waals surface area contributed by atoms with Crippen molar-refractivity contribution in [2.45, 2.75) is 53.1 Å². The summed E-state index contributed by atoms with van der Waals surface area (Å²) in [7, 11) is 0. The molecule has 6 heteroatoms. The molecule has 0 aliphatic heterocycles. The van der Waals surface area contributed by atoms with Gasteiger partial charge in [-0.3, -0.25) is 9.59 Å². The molecule has 0 spiro atoms. The highest BCUT2D eigenvalue weighted by Gasteiger charge is 2.31. The largest absolute Gasteiger partial charge is 0.480 e. The number of hydrogen-bond donors (Lipinski definition) is 2. The number of nitrogens with zero attached hydrogens (tertiary/aromatic N) is 1. The number of nitrogens with one attached hydrogen (secondary N) is 1. The molecule has 0 aliphatic rings. The third kappa shape index (κ3) is 4.43. The molecule has 1 heterocycles. The van der Waals surface area contributed by atoms with Gasteiger partial charge in [-0.25, -0.2) is 4.79 Å². The van der Waals surface area contributed by atoms with E-state index in [1.54, 1.807) is 26.0 Å². The van der Waals surface area contributed by atoms with Crippen molar-refractivity contribution < 1.29 is 14.7 Å². The van der Waals surface area contributed by atoms with Crippen LogP contribution in [0, 0.1) is 18.8 Å². The number of rotatable bonds is 7. The van der Waals surface area contributed by atoms with Gasteiger partial charge in [0, 0.05) is 11.8 Å². The lowest BCUT2D eigenvalue weighted by Gasteiger charge is -2.28. The Balaban J connectivity index is 3.18. The van der Waals surface area contributed by atoms with E-state index in [9.17, 15) is 19.5 Å². The van der Waals surface area contributed by atoms with Crippen molar-refractivity contribution in [3.05, 3.63) is 34.2 Å². The van der Waals surface area contributed by atoms with Crippen LogP contribution in [0.5, 0.6) is 0 Å². The Hall–Kier alpha value is -2.11. The highest BCUT2D eigenvalue weighted by molar-refractivity contribution is 5.86. The number of amides is 1. The SMILES string of the molecule is CCC(C)C(NC(=O)C(C(C)C)n1c(C)cccc1=O)C(=O)O.